The van der Waals surface area contributed by atoms with Gasteiger partial charge >= 0.3 is 12.0 Å². The van der Waals surface area contributed by atoms with Crippen LogP contribution in [-0.2, 0) is 6.54 Å². The van der Waals surface area contributed by atoms with Crippen molar-refractivity contribution in [1.29, 1.82) is 0 Å². The SMILES string of the molecule is O=C(NCc1ccc(C(=O)O)cc1)Nc1nc(C2CC2)cs1. The van der Waals surface area contributed by atoms with Crippen molar-refractivity contribution in [2.45, 2.75) is 25.3 Å². The number of hydrogen-bond acceptors (Lipinski definition) is 4. The molecule has 114 valence electrons. The van der Waals surface area contributed by atoms with Gasteiger partial charge in [-0.3, -0.25) is 5.32 Å². The highest BCUT2D eigenvalue weighted by atomic mass is 32.1. The summed E-state index contributed by atoms with van der Waals surface area (Å²) >= 11 is 1.42. The van der Waals surface area contributed by atoms with Gasteiger partial charge in [-0.2, -0.15) is 0 Å². The molecule has 1 aliphatic carbocycles. The van der Waals surface area contributed by atoms with Crippen LogP contribution in [0.1, 0.15) is 40.4 Å². The molecule has 0 aliphatic heterocycles. The molecule has 1 aromatic carbocycles. The third-order valence-corrected chi connectivity index (χ3v) is 4.17. The number of nitrogens with zero attached hydrogens (tertiary/aromatic N) is 1. The number of thiazole rings is 1. The predicted octanol–water partition coefficient (Wildman–Crippen LogP) is 3.04. The number of benzene rings is 1. The van der Waals surface area contributed by atoms with E-state index in [4.69, 9.17) is 5.11 Å². The zero-order chi connectivity index (χ0) is 15.5. The van der Waals surface area contributed by atoms with Crippen LogP contribution in [0.25, 0.3) is 0 Å². The third kappa shape index (κ3) is 3.62. The number of aromatic carboxylic acids is 1. The molecule has 22 heavy (non-hydrogen) atoms. The Morgan fingerprint density at radius 2 is 2.00 bits per heavy atom. The fourth-order valence-electron chi connectivity index (χ4n) is 2.00. The average Bonchev–Trinajstić information content (AvgIpc) is 3.26. The van der Waals surface area contributed by atoms with Crippen molar-refractivity contribution in [3.05, 3.63) is 46.5 Å². The molecule has 3 rings (SSSR count). The summed E-state index contributed by atoms with van der Waals surface area (Å²) in [5.74, 6) is -0.393. The van der Waals surface area contributed by atoms with E-state index in [-0.39, 0.29) is 11.6 Å². The van der Waals surface area contributed by atoms with E-state index in [9.17, 15) is 9.59 Å². The summed E-state index contributed by atoms with van der Waals surface area (Å²) < 4.78 is 0. The Bertz CT molecular complexity index is 692. The second kappa shape index (κ2) is 6.15. The van der Waals surface area contributed by atoms with Crippen LogP contribution in [0.3, 0.4) is 0 Å². The molecule has 1 aliphatic rings. The van der Waals surface area contributed by atoms with Crippen molar-refractivity contribution >= 4 is 28.5 Å². The fraction of sp³-hybridized carbons (Fsp3) is 0.267. The molecule has 7 heteroatoms. The van der Waals surface area contributed by atoms with E-state index < -0.39 is 5.97 Å². The highest BCUT2D eigenvalue weighted by molar-refractivity contribution is 7.13. The first-order valence-electron chi connectivity index (χ1n) is 6.94. The van der Waals surface area contributed by atoms with Crippen LogP contribution in [-0.4, -0.2) is 22.1 Å². The molecular formula is C15H15N3O3S. The summed E-state index contributed by atoms with van der Waals surface area (Å²) in [6.45, 7) is 0.326. The number of aromatic nitrogens is 1. The van der Waals surface area contributed by atoms with Crippen LogP contribution in [0.2, 0.25) is 0 Å². The molecule has 2 aromatic rings. The van der Waals surface area contributed by atoms with Gasteiger partial charge < -0.3 is 10.4 Å². The minimum atomic E-state index is -0.965. The lowest BCUT2D eigenvalue weighted by molar-refractivity contribution is 0.0697. The van der Waals surface area contributed by atoms with Gasteiger partial charge in [0.25, 0.3) is 0 Å². The molecule has 0 bridgehead atoms. The van der Waals surface area contributed by atoms with E-state index >= 15 is 0 Å². The summed E-state index contributed by atoms with van der Waals surface area (Å²) in [4.78, 5) is 26.9. The van der Waals surface area contributed by atoms with Crippen LogP contribution >= 0.6 is 11.3 Å². The normalized spacial score (nSPS) is 13.6. The maximum atomic E-state index is 11.8. The van der Waals surface area contributed by atoms with Gasteiger partial charge in [0, 0.05) is 17.8 Å². The van der Waals surface area contributed by atoms with E-state index in [1.165, 1.54) is 36.3 Å². The molecule has 1 fully saturated rings. The van der Waals surface area contributed by atoms with Crippen LogP contribution in [0, 0.1) is 0 Å². The largest absolute Gasteiger partial charge is 0.478 e. The third-order valence-electron chi connectivity index (χ3n) is 3.39. The lowest BCUT2D eigenvalue weighted by Gasteiger charge is -2.06. The van der Waals surface area contributed by atoms with Gasteiger partial charge in [-0.05, 0) is 30.5 Å². The number of hydrogen-bond donors (Lipinski definition) is 3. The van der Waals surface area contributed by atoms with Gasteiger partial charge in [0.05, 0.1) is 11.3 Å². The number of rotatable bonds is 5. The van der Waals surface area contributed by atoms with Crippen LogP contribution < -0.4 is 10.6 Å². The van der Waals surface area contributed by atoms with Gasteiger partial charge in [-0.25, -0.2) is 14.6 Å². The Labute approximate surface area is 131 Å². The van der Waals surface area contributed by atoms with Gasteiger partial charge in [0.15, 0.2) is 5.13 Å². The van der Waals surface area contributed by atoms with Gasteiger partial charge in [-0.15, -0.1) is 11.3 Å². The van der Waals surface area contributed by atoms with E-state index in [1.54, 1.807) is 12.1 Å². The van der Waals surface area contributed by atoms with E-state index in [2.05, 4.69) is 15.6 Å². The molecule has 0 atom stereocenters. The molecule has 0 unspecified atom stereocenters. The van der Waals surface area contributed by atoms with Crippen molar-refractivity contribution in [1.82, 2.24) is 10.3 Å². The van der Waals surface area contributed by atoms with Crippen molar-refractivity contribution in [2.75, 3.05) is 5.32 Å². The van der Waals surface area contributed by atoms with Gasteiger partial charge in [0.1, 0.15) is 0 Å². The average molecular weight is 317 g/mol. The molecule has 1 saturated carbocycles. The van der Waals surface area contributed by atoms with E-state index in [1.807, 2.05) is 5.38 Å². The Morgan fingerprint density at radius 1 is 1.27 bits per heavy atom. The zero-order valence-electron chi connectivity index (χ0n) is 11.7. The number of carbonyl (C=O) groups is 2. The molecule has 6 nitrogen and oxygen atoms in total. The second-order valence-corrected chi connectivity index (χ2v) is 6.02. The van der Waals surface area contributed by atoms with Crippen LogP contribution in [0.4, 0.5) is 9.93 Å². The second-order valence-electron chi connectivity index (χ2n) is 5.16. The number of anilines is 1. The van der Waals surface area contributed by atoms with Crippen molar-refractivity contribution < 1.29 is 14.7 Å². The first kappa shape index (κ1) is 14.5. The maximum Gasteiger partial charge on any atom is 0.335 e. The fourth-order valence-corrected chi connectivity index (χ4v) is 2.79. The summed E-state index contributed by atoms with van der Waals surface area (Å²) in [6, 6.07) is 6.07. The molecule has 0 radical (unpaired) electrons. The lowest BCUT2D eigenvalue weighted by Crippen LogP contribution is -2.28. The monoisotopic (exact) mass is 317 g/mol. The molecular weight excluding hydrogens is 302 g/mol. The predicted molar refractivity (Wildman–Crippen MR) is 83.3 cm³/mol. The summed E-state index contributed by atoms with van der Waals surface area (Å²) in [5, 5.41) is 16.8. The Balaban J connectivity index is 1.49. The quantitative estimate of drug-likeness (QED) is 0.790. The summed E-state index contributed by atoms with van der Waals surface area (Å²) in [6.07, 6.45) is 2.36. The first-order chi connectivity index (χ1) is 10.6. The molecule has 0 spiro atoms. The topological polar surface area (TPSA) is 91.3 Å². The number of carboxylic acid groups (broad SMARTS) is 1. The highest BCUT2D eigenvalue weighted by Crippen LogP contribution is 2.40. The Kier molecular flexibility index (Phi) is 4.06. The van der Waals surface area contributed by atoms with Crippen LogP contribution in [0.5, 0.6) is 0 Å². The smallest absolute Gasteiger partial charge is 0.335 e. The van der Waals surface area contributed by atoms with Crippen molar-refractivity contribution in [3.63, 3.8) is 0 Å². The number of nitrogens with one attached hydrogen (secondary N) is 2. The zero-order valence-corrected chi connectivity index (χ0v) is 12.5. The molecule has 1 heterocycles. The maximum absolute atomic E-state index is 11.8. The minimum Gasteiger partial charge on any atom is -0.478 e. The molecule has 0 saturated heterocycles. The first-order valence-corrected chi connectivity index (χ1v) is 7.82. The summed E-state index contributed by atoms with van der Waals surface area (Å²) in [7, 11) is 0. The standard InChI is InChI=1S/C15H15N3O3S/c19-13(20)11-3-1-9(2-4-11)7-16-14(21)18-15-17-12(8-22-15)10-5-6-10/h1-4,8,10H,5-7H2,(H,19,20)(H2,16,17,18,21). The Morgan fingerprint density at radius 3 is 2.64 bits per heavy atom. The number of urea groups is 1. The highest BCUT2D eigenvalue weighted by Gasteiger charge is 2.26. The lowest BCUT2D eigenvalue weighted by atomic mass is 10.1. The number of carboxylic acids is 1. The van der Waals surface area contributed by atoms with Crippen molar-refractivity contribution in [3.8, 4) is 0 Å². The van der Waals surface area contributed by atoms with Gasteiger partial charge in [0.2, 0.25) is 0 Å². The number of carbonyl (C=O) groups excluding carboxylic acids is 1. The summed E-state index contributed by atoms with van der Waals surface area (Å²) in [5.41, 5.74) is 2.12. The molecule has 2 amide bonds. The molecule has 3 N–H and O–H groups in total. The van der Waals surface area contributed by atoms with Gasteiger partial charge in [-0.1, -0.05) is 12.1 Å². The van der Waals surface area contributed by atoms with E-state index in [0.29, 0.717) is 17.6 Å². The minimum absolute atomic E-state index is 0.226. The van der Waals surface area contributed by atoms with Crippen LogP contribution in [0.15, 0.2) is 29.6 Å². The molecule has 1 aromatic heterocycles. The number of amides is 2. The Hall–Kier alpha value is -2.41. The van der Waals surface area contributed by atoms with Crippen molar-refractivity contribution in [2.24, 2.45) is 0 Å². The van der Waals surface area contributed by atoms with E-state index in [0.717, 1.165) is 11.3 Å².